The van der Waals surface area contributed by atoms with Crippen LogP contribution in [0, 0.1) is 0 Å². The Kier molecular flexibility index (Phi) is 10.6. The van der Waals surface area contributed by atoms with E-state index in [4.69, 9.17) is 23.4 Å². The van der Waals surface area contributed by atoms with Crippen LogP contribution in [-0.2, 0) is 15.9 Å². The molecule has 2 fully saturated rings. The average Bonchev–Trinajstić information content (AvgIpc) is 3.05. The maximum Gasteiger partial charge on any atom is 0.229 e. The summed E-state index contributed by atoms with van der Waals surface area (Å²) in [5.41, 5.74) is -0.153. The van der Waals surface area contributed by atoms with Crippen LogP contribution in [0.25, 0.3) is 22.1 Å². The largest absolute Gasteiger partial charge is 0.507 e. The quantitative estimate of drug-likeness (QED) is 0.118. The van der Waals surface area contributed by atoms with E-state index in [1.165, 1.54) is 18.2 Å². The van der Waals surface area contributed by atoms with Gasteiger partial charge in [0.05, 0.1) is 18.8 Å². The standard InChI is InChI=1S/C32H38O16/c1-12(2)3-5-15-18(46-32-30(43)28(41)26(39)21(10-34)48-32)8-19-22(23(15)36)24(37)16(11-44-19)14-6-4-13(7-17(14)35)45-31-29(42)27(40)25(38)20(9-33)47-31/h3-4,6-8,11,20-21,25-36,38-43H,5,9-10H2,1-2H3/t20-,21-,25-,26-,27+,28+,29-,30-,31-,32-/m1/s1. The van der Waals surface area contributed by atoms with Crippen LogP contribution >= 0.6 is 0 Å². The molecule has 0 radical (unpaired) electrons. The third-order valence-corrected chi connectivity index (χ3v) is 8.27. The molecule has 16 nitrogen and oxygen atoms in total. The van der Waals surface area contributed by atoms with Gasteiger partial charge in [0.25, 0.3) is 0 Å². The van der Waals surface area contributed by atoms with Gasteiger partial charge in [-0.25, -0.2) is 0 Å². The van der Waals surface area contributed by atoms with Gasteiger partial charge in [0, 0.05) is 23.3 Å². The van der Waals surface area contributed by atoms with E-state index in [-0.39, 0.29) is 45.6 Å². The minimum atomic E-state index is -1.75. The maximum atomic E-state index is 13.8. The lowest BCUT2D eigenvalue weighted by molar-refractivity contribution is -0.277. The smallest absolute Gasteiger partial charge is 0.229 e. The van der Waals surface area contributed by atoms with Gasteiger partial charge in [0.15, 0.2) is 0 Å². The second-order valence-corrected chi connectivity index (χ2v) is 11.8. The van der Waals surface area contributed by atoms with Crippen molar-refractivity contribution >= 4 is 11.0 Å². The summed E-state index contributed by atoms with van der Waals surface area (Å²) >= 11 is 0. The topological polar surface area (TPSA) is 269 Å². The Morgan fingerprint density at radius 2 is 1.38 bits per heavy atom. The highest BCUT2D eigenvalue weighted by Crippen LogP contribution is 2.40. The molecule has 48 heavy (non-hydrogen) atoms. The second kappa shape index (κ2) is 14.4. The van der Waals surface area contributed by atoms with Crippen molar-refractivity contribution in [2.75, 3.05) is 13.2 Å². The summed E-state index contributed by atoms with van der Waals surface area (Å²) in [5, 5.41) is 102. The first-order valence-corrected chi connectivity index (χ1v) is 15.0. The minimum Gasteiger partial charge on any atom is -0.507 e. The van der Waals surface area contributed by atoms with Crippen molar-refractivity contribution in [1.82, 2.24) is 0 Å². The van der Waals surface area contributed by atoms with Crippen LogP contribution in [0.3, 0.4) is 0 Å². The summed E-state index contributed by atoms with van der Waals surface area (Å²) in [6, 6.07) is 4.98. The van der Waals surface area contributed by atoms with Gasteiger partial charge in [-0.3, -0.25) is 4.79 Å². The van der Waals surface area contributed by atoms with Gasteiger partial charge in [-0.15, -0.1) is 0 Å². The normalized spacial score (nSPS) is 30.6. The van der Waals surface area contributed by atoms with Gasteiger partial charge >= 0.3 is 0 Å². The van der Waals surface area contributed by atoms with Crippen molar-refractivity contribution in [3.63, 3.8) is 0 Å². The van der Waals surface area contributed by atoms with Crippen LogP contribution in [0.15, 0.2) is 51.4 Å². The molecule has 16 heteroatoms. The summed E-state index contributed by atoms with van der Waals surface area (Å²) < 4.78 is 27.8. The molecule has 3 aromatic rings. The lowest BCUT2D eigenvalue weighted by Gasteiger charge is -2.39. The number of phenolic OH excluding ortho intramolecular Hbond substituents is 2. The molecule has 10 N–H and O–H groups in total. The number of aliphatic hydroxyl groups excluding tert-OH is 8. The van der Waals surface area contributed by atoms with Crippen molar-refractivity contribution < 1.29 is 74.4 Å². The number of hydrogen-bond donors (Lipinski definition) is 10. The van der Waals surface area contributed by atoms with Crippen molar-refractivity contribution in [1.29, 1.82) is 0 Å². The van der Waals surface area contributed by atoms with Gasteiger partial charge in [-0.1, -0.05) is 11.6 Å². The number of fused-ring (bicyclic) bond motifs is 1. The fourth-order valence-corrected chi connectivity index (χ4v) is 5.48. The first-order chi connectivity index (χ1) is 22.8. The van der Waals surface area contributed by atoms with E-state index in [0.29, 0.717) is 0 Å². The molecule has 3 heterocycles. The number of rotatable bonds is 9. The van der Waals surface area contributed by atoms with Crippen molar-refractivity contribution in [3.8, 4) is 34.1 Å². The molecule has 0 amide bonds. The Morgan fingerprint density at radius 3 is 1.92 bits per heavy atom. The molecule has 0 aliphatic carbocycles. The van der Waals surface area contributed by atoms with Crippen molar-refractivity contribution in [3.05, 3.63) is 58.0 Å². The lowest BCUT2D eigenvalue weighted by atomic mass is 9.98. The van der Waals surface area contributed by atoms with E-state index >= 15 is 0 Å². The molecule has 10 atom stereocenters. The Bertz CT molecular complexity index is 1700. The molecule has 2 aliphatic heterocycles. The summed E-state index contributed by atoms with van der Waals surface area (Å²) in [6.07, 6.45) is -12.9. The zero-order chi connectivity index (χ0) is 35.0. The Hall–Kier alpha value is -3.81. The summed E-state index contributed by atoms with van der Waals surface area (Å²) in [5.74, 6) is -1.17. The predicted octanol–water partition coefficient (Wildman–Crippen LogP) is -1.26. The highest BCUT2D eigenvalue weighted by atomic mass is 16.7. The molecule has 5 rings (SSSR count). The van der Waals surface area contributed by atoms with Crippen molar-refractivity contribution in [2.45, 2.75) is 81.7 Å². The number of aromatic hydroxyl groups is 2. The lowest BCUT2D eigenvalue weighted by Crippen LogP contribution is -2.60. The van der Waals surface area contributed by atoms with Gasteiger partial charge in [-0.2, -0.15) is 0 Å². The molecule has 1 aromatic heterocycles. The average molecular weight is 679 g/mol. The molecule has 2 saturated heterocycles. The Morgan fingerprint density at radius 1 is 0.792 bits per heavy atom. The maximum absolute atomic E-state index is 13.8. The first kappa shape index (κ1) is 35.5. The summed E-state index contributed by atoms with van der Waals surface area (Å²) in [4.78, 5) is 13.8. The van der Waals surface area contributed by atoms with E-state index in [1.807, 2.05) is 0 Å². The fourth-order valence-electron chi connectivity index (χ4n) is 5.48. The molecule has 0 bridgehead atoms. The number of hydrogen-bond acceptors (Lipinski definition) is 16. The number of benzene rings is 2. The summed E-state index contributed by atoms with van der Waals surface area (Å²) in [6.45, 7) is 2.24. The van der Waals surface area contributed by atoms with Crippen LogP contribution < -0.4 is 14.9 Å². The predicted molar refractivity (Wildman–Crippen MR) is 163 cm³/mol. The van der Waals surface area contributed by atoms with Crippen LogP contribution in [0.5, 0.6) is 23.0 Å². The van der Waals surface area contributed by atoms with E-state index in [2.05, 4.69) is 0 Å². The molecule has 0 unspecified atom stereocenters. The van der Waals surface area contributed by atoms with Crippen LogP contribution in [-0.4, -0.2) is 126 Å². The third-order valence-electron chi connectivity index (χ3n) is 8.27. The summed E-state index contributed by atoms with van der Waals surface area (Å²) in [7, 11) is 0. The monoisotopic (exact) mass is 678 g/mol. The third kappa shape index (κ3) is 6.72. The van der Waals surface area contributed by atoms with Gasteiger partial charge in [-0.05, 0) is 32.4 Å². The van der Waals surface area contributed by atoms with Gasteiger partial charge in [0.2, 0.25) is 18.0 Å². The zero-order valence-electron chi connectivity index (χ0n) is 25.8. The van der Waals surface area contributed by atoms with Crippen LogP contribution in [0.2, 0.25) is 0 Å². The number of phenols is 2. The molecular formula is C32H38O16. The van der Waals surface area contributed by atoms with Gasteiger partial charge in [0.1, 0.15) is 89.1 Å². The van der Waals surface area contributed by atoms with Crippen LogP contribution in [0.4, 0.5) is 0 Å². The highest BCUT2D eigenvalue weighted by molar-refractivity contribution is 5.90. The SMILES string of the molecule is CC(C)=CCc1c(O[C@@H]2O[C@H](CO)[C@@H](O)[C@H](O)[C@H]2O)cc2occ(-c3ccc(O[C@@H]4O[C@H](CO)[C@@H](O)[C@H](O)[C@H]4O)cc3O)c(=O)c2c1O. The molecular weight excluding hydrogens is 640 g/mol. The molecule has 0 spiro atoms. The minimum absolute atomic E-state index is 0.0290. The fraction of sp³-hybridized carbons (Fsp3) is 0.469. The molecule has 2 aromatic carbocycles. The molecule has 2 aliphatic rings. The van der Waals surface area contributed by atoms with E-state index in [0.717, 1.165) is 17.9 Å². The number of aliphatic hydroxyl groups is 8. The second-order valence-electron chi connectivity index (χ2n) is 11.8. The number of ether oxygens (including phenoxy) is 4. The molecule has 262 valence electrons. The van der Waals surface area contributed by atoms with E-state index in [1.54, 1.807) is 19.9 Å². The molecule has 0 saturated carbocycles. The van der Waals surface area contributed by atoms with Gasteiger partial charge < -0.3 is 74.4 Å². The first-order valence-electron chi connectivity index (χ1n) is 15.0. The highest BCUT2D eigenvalue weighted by Gasteiger charge is 2.46. The Labute approximate surface area is 272 Å². The van der Waals surface area contributed by atoms with E-state index < -0.39 is 91.6 Å². The zero-order valence-corrected chi connectivity index (χ0v) is 25.8. The Balaban J connectivity index is 1.49. The van der Waals surface area contributed by atoms with E-state index in [9.17, 15) is 55.9 Å². The van der Waals surface area contributed by atoms with Crippen LogP contribution in [0.1, 0.15) is 19.4 Å². The van der Waals surface area contributed by atoms with Crippen molar-refractivity contribution in [2.24, 2.45) is 0 Å². The number of allylic oxidation sites excluding steroid dienone is 2.